The number of hydrogen-bond donors (Lipinski definition) is 0. The molecule has 0 nitrogen and oxygen atoms in total. The smallest absolute Gasteiger partial charge is 0.204 e. The molecule has 0 spiro atoms. The maximum Gasteiger partial charge on any atom is 0.375 e. The fourth-order valence-electron chi connectivity index (χ4n) is 0.365. The average Bonchev–Trinajstić information content (AvgIpc) is 2.02. The van der Waals surface area contributed by atoms with Crippen molar-refractivity contribution in [1.29, 1.82) is 0 Å². The van der Waals surface area contributed by atoms with Gasteiger partial charge in [0.15, 0.2) is 5.83 Å². The largest absolute Gasteiger partial charge is 0.375 e. The molecule has 78 valence electrons. The summed E-state index contributed by atoms with van der Waals surface area (Å²) in [6.45, 7) is 0. The summed E-state index contributed by atoms with van der Waals surface area (Å²) in [5.41, 5.74) is 0. The minimum atomic E-state index is -5.72. The summed E-state index contributed by atoms with van der Waals surface area (Å²) in [6.07, 6.45) is -4.64. The molecule has 0 rings (SSSR count). The maximum absolute atomic E-state index is 12.1. The molecule has 0 saturated heterocycles. The van der Waals surface area contributed by atoms with Gasteiger partial charge in [0, 0.05) is 4.99 Å². The van der Waals surface area contributed by atoms with Gasteiger partial charge in [-0.3, -0.25) is 0 Å². The number of alkyl halides is 6. The Kier molecular flexibility index (Phi) is 3.77. The van der Waals surface area contributed by atoms with Gasteiger partial charge in [0.25, 0.3) is 0 Å². The summed E-state index contributed by atoms with van der Waals surface area (Å²) < 4.78 is 83.0. The van der Waals surface area contributed by atoms with Gasteiger partial charge in [-0.1, -0.05) is 15.9 Å². The Balaban J connectivity index is 5.03. The van der Waals surface area contributed by atoms with E-state index in [1.54, 1.807) is 0 Å². The van der Waals surface area contributed by atoms with Crippen molar-refractivity contribution in [3.05, 3.63) is 10.8 Å². The molecule has 13 heavy (non-hydrogen) atoms. The summed E-state index contributed by atoms with van der Waals surface area (Å²) >= 11 is 2.00. The van der Waals surface area contributed by atoms with E-state index in [1.807, 2.05) is 15.9 Å². The van der Waals surface area contributed by atoms with Crippen LogP contribution in [0.3, 0.4) is 0 Å². The molecule has 8 heteroatoms. The molecule has 0 aromatic heterocycles. The molecule has 0 saturated carbocycles. The van der Waals surface area contributed by atoms with Crippen LogP contribution in [0.5, 0.6) is 0 Å². The molecule has 0 aromatic carbocycles. The number of halogens is 8. The first-order chi connectivity index (χ1) is 5.67. The number of allylic oxidation sites excluding steroid dienone is 1. The Labute approximate surface area is 76.5 Å². The Morgan fingerprint density at radius 1 is 1.15 bits per heavy atom. The molecule has 0 aliphatic carbocycles. The summed E-state index contributed by atoms with van der Waals surface area (Å²) in [4.78, 5) is -0.177. The third-order valence-corrected chi connectivity index (χ3v) is 1.49. The molecular formula is C5H2BrF7. The Morgan fingerprint density at radius 3 is 1.77 bits per heavy atom. The van der Waals surface area contributed by atoms with Crippen LogP contribution in [0.2, 0.25) is 0 Å². The van der Waals surface area contributed by atoms with Crippen molar-refractivity contribution in [2.45, 2.75) is 18.3 Å². The molecule has 0 N–H and O–H groups in total. The van der Waals surface area contributed by atoms with E-state index in [9.17, 15) is 30.7 Å². The van der Waals surface area contributed by atoms with Gasteiger partial charge >= 0.3 is 18.3 Å². The maximum atomic E-state index is 12.1. The predicted octanol–water partition coefficient (Wildman–Crippen LogP) is 3.73. The van der Waals surface area contributed by atoms with Gasteiger partial charge in [0.1, 0.15) is 0 Å². The third kappa shape index (κ3) is 2.15. The van der Waals surface area contributed by atoms with Gasteiger partial charge in [-0.2, -0.15) is 17.6 Å². The first kappa shape index (κ1) is 12.7. The summed E-state index contributed by atoms with van der Waals surface area (Å²) in [6, 6.07) is 0. The first-order valence-electron chi connectivity index (χ1n) is 2.68. The number of rotatable bonds is 3. The normalized spacial score (nSPS) is 15.3. The second-order valence-electron chi connectivity index (χ2n) is 1.96. The van der Waals surface area contributed by atoms with Crippen LogP contribution in [0.15, 0.2) is 10.8 Å². The van der Waals surface area contributed by atoms with Crippen LogP contribution in [-0.2, 0) is 0 Å². The van der Waals surface area contributed by atoms with E-state index < -0.39 is 24.1 Å². The lowest BCUT2D eigenvalue weighted by atomic mass is 10.1. The van der Waals surface area contributed by atoms with E-state index in [4.69, 9.17) is 0 Å². The zero-order valence-electron chi connectivity index (χ0n) is 5.68. The van der Waals surface area contributed by atoms with Crippen LogP contribution in [0, 0.1) is 0 Å². The van der Waals surface area contributed by atoms with E-state index in [1.165, 1.54) is 0 Å². The Bertz CT molecular complexity index is 209. The van der Waals surface area contributed by atoms with Crippen molar-refractivity contribution >= 4 is 15.9 Å². The van der Waals surface area contributed by atoms with Gasteiger partial charge in [-0.05, 0) is 0 Å². The van der Waals surface area contributed by atoms with E-state index in [-0.39, 0.29) is 4.99 Å². The van der Waals surface area contributed by atoms with Gasteiger partial charge in [0.2, 0.25) is 0 Å². The molecule has 0 bridgehead atoms. The van der Waals surface area contributed by atoms with Crippen molar-refractivity contribution in [3.8, 4) is 0 Å². The summed E-state index contributed by atoms with van der Waals surface area (Å²) in [7, 11) is 0. The zero-order chi connectivity index (χ0) is 10.9. The van der Waals surface area contributed by atoms with Crippen molar-refractivity contribution in [2.24, 2.45) is 0 Å². The molecular weight excluding hydrogens is 273 g/mol. The third-order valence-electron chi connectivity index (χ3n) is 1.09. The van der Waals surface area contributed by atoms with Crippen LogP contribution >= 0.6 is 15.9 Å². The highest BCUT2D eigenvalue weighted by molar-refractivity contribution is 9.11. The Hall–Kier alpha value is -0.270. The highest BCUT2D eigenvalue weighted by Crippen LogP contribution is 2.44. The molecule has 0 unspecified atom stereocenters. The predicted molar refractivity (Wildman–Crippen MR) is 34.0 cm³/mol. The van der Waals surface area contributed by atoms with Gasteiger partial charge in [-0.25, -0.2) is 13.2 Å². The fraction of sp³-hybridized carbons (Fsp3) is 0.600. The van der Waals surface area contributed by atoms with Crippen molar-refractivity contribution in [2.75, 3.05) is 0 Å². The molecule has 0 atom stereocenters. The quantitative estimate of drug-likeness (QED) is 0.688. The van der Waals surface area contributed by atoms with Crippen LogP contribution in [0.25, 0.3) is 0 Å². The van der Waals surface area contributed by atoms with Crippen molar-refractivity contribution in [1.82, 2.24) is 0 Å². The summed E-state index contributed by atoms with van der Waals surface area (Å²) in [5.74, 6) is -13.9. The molecule has 0 radical (unpaired) electrons. The molecule has 0 amide bonds. The molecule has 0 aromatic rings. The van der Waals surface area contributed by atoms with E-state index in [0.29, 0.717) is 0 Å². The van der Waals surface area contributed by atoms with Gasteiger partial charge < -0.3 is 0 Å². The van der Waals surface area contributed by atoms with Gasteiger partial charge in [0.05, 0.1) is 0 Å². The van der Waals surface area contributed by atoms with Crippen LogP contribution in [-0.4, -0.2) is 18.3 Å². The van der Waals surface area contributed by atoms with Crippen molar-refractivity contribution < 1.29 is 30.7 Å². The lowest BCUT2D eigenvalue weighted by Gasteiger charge is -2.23. The SMILES string of the molecule is F/C(=C\Br)C(F)(F)C(F)(F)C(F)F. The highest BCUT2D eigenvalue weighted by Gasteiger charge is 2.65. The fourth-order valence-corrected chi connectivity index (χ4v) is 0.652. The second-order valence-corrected chi connectivity index (χ2v) is 2.41. The van der Waals surface area contributed by atoms with E-state index in [0.717, 1.165) is 0 Å². The molecule has 0 heterocycles. The highest BCUT2D eigenvalue weighted by atomic mass is 79.9. The first-order valence-corrected chi connectivity index (χ1v) is 3.59. The van der Waals surface area contributed by atoms with Crippen LogP contribution in [0.4, 0.5) is 30.7 Å². The van der Waals surface area contributed by atoms with Gasteiger partial charge in [-0.15, -0.1) is 0 Å². The number of hydrogen-bond acceptors (Lipinski definition) is 0. The molecule has 0 aliphatic heterocycles. The second kappa shape index (κ2) is 3.85. The van der Waals surface area contributed by atoms with Crippen molar-refractivity contribution in [3.63, 3.8) is 0 Å². The minimum absolute atomic E-state index is 0.177. The minimum Gasteiger partial charge on any atom is -0.204 e. The van der Waals surface area contributed by atoms with Crippen LogP contribution < -0.4 is 0 Å². The monoisotopic (exact) mass is 274 g/mol. The zero-order valence-corrected chi connectivity index (χ0v) is 7.26. The Morgan fingerprint density at radius 2 is 1.54 bits per heavy atom. The van der Waals surface area contributed by atoms with E-state index >= 15 is 0 Å². The van der Waals surface area contributed by atoms with Crippen LogP contribution in [0.1, 0.15) is 0 Å². The standard InChI is InChI=1S/C5H2BrF7/c6-1-2(7)4(10,11)5(12,13)3(8)9/h1,3H/b2-1-. The molecule has 0 fully saturated rings. The lowest BCUT2D eigenvalue weighted by molar-refractivity contribution is -0.252. The summed E-state index contributed by atoms with van der Waals surface area (Å²) in [5, 5.41) is 0. The lowest BCUT2D eigenvalue weighted by Crippen LogP contribution is -2.46. The average molecular weight is 275 g/mol. The van der Waals surface area contributed by atoms with E-state index in [2.05, 4.69) is 0 Å². The molecule has 0 aliphatic rings. The topological polar surface area (TPSA) is 0 Å².